The van der Waals surface area contributed by atoms with Crippen LogP contribution in [0, 0.1) is 12.7 Å². The quantitative estimate of drug-likeness (QED) is 0.384. The van der Waals surface area contributed by atoms with Gasteiger partial charge in [0.2, 0.25) is 0 Å². The first-order valence-electron chi connectivity index (χ1n) is 12.2. The summed E-state index contributed by atoms with van der Waals surface area (Å²) in [4.78, 5) is 19.6. The zero-order valence-electron chi connectivity index (χ0n) is 20.2. The molecule has 36 heavy (non-hydrogen) atoms. The highest BCUT2D eigenvalue weighted by Crippen LogP contribution is 2.33. The molecule has 1 amide bonds. The SMILES string of the molecule is Cc1ccc(Nc2c(-c3ccc(F)cc3)nc3n2CCN(C(=O)[C@@H](O)CCc2ccccc2)C3)cc1. The Morgan fingerprint density at radius 1 is 1.03 bits per heavy atom. The van der Waals surface area contributed by atoms with Gasteiger partial charge in [0.1, 0.15) is 29.3 Å². The van der Waals surface area contributed by atoms with Crippen molar-refractivity contribution >= 4 is 17.4 Å². The summed E-state index contributed by atoms with van der Waals surface area (Å²) in [5, 5.41) is 14.1. The molecular formula is C29H29FN4O2. The van der Waals surface area contributed by atoms with Gasteiger partial charge in [0.25, 0.3) is 5.91 Å². The standard InChI is InChI=1S/C29H29FN4O2/c1-20-7-14-24(15-8-20)31-28-27(22-10-12-23(30)13-11-22)32-26-19-33(17-18-34(26)28)29(36)25(35)16-9-21-5-3-2-4-6-21/h2-8,10-15,25,31,35H,9,16-19H2,1H3/t25-/m0/s1. The first kappa shape index (κ1) is 23.8. The lowest BCUT2D eigenvalue weighted by Gasteiger charge is -2.30. The predicted molar refractivity (Wildman–Crippen MR) is 138 cm³/mol. The van der Waals surface area contributed by atoms with Crippen molar-refractivity contribution < 1.29 is 14.3 Å². The molecule has 0 saturated carbocycles. The Morgan fingerprint density at radius 3 is 2.47 bits per heavy atom. The number of carbonyl (C=O) groups is 1. The van der Waals surface area contributed by atoms with E-state index in [0.29, 0.717) is 38.2 Å². The molecule has 1 aromatic heterocycles. The topological polar surface area (TPSA) is 70.4 Å². The second-order valence-electron chi connectivity index (χ2n) is 9.17. The fraction of sp³-hybridized carbons (Fsp3) is 0.241. The number of fused-ring (bicyclic) bond motifs is 1. The molecule has 1 aliphatic heterocycles. The van der Waals surface area contributed by atoms with E-state index >= 15 is 0 Å². The van der Waals surface area contributed by atoms with E-state index < -0.39 is 6.10 Å². The number of aryl methyl sites for hydroxylation is 2. The van der Waals surface area contributed by atoms with Crippen molar-refractivity contribution in [3.63, 3.8) is 0 Å². The zero-order chi connectivity index (χ0) is 25.1. The molecule has 0 spiro atoms. The molecule has 0 unspecified atom stereocenters. The molecule has 0 radical (unpaired) electrons. The minimum Gasteiger partial charge on any atom is -0.383 e. The Balaban J connectivity index is 1.38. The van der Waals surface area contributed by atoms with Gasteiger partial charge in [0.15, 0.2) is 0 Å². The minimum atomic E-state index is -1.06. The zero-order valence-corrected chi connectivity index (χ0v) is 20.2. The Kier molecular flexibility index (Phi) is 6.82. The number of rotatable bonds is 7. The second-order valence-corrected chi connectivity index (χ2v) is 9.17. The lowest BCUT2D eigenvalue weighted by molar-refractivity contribution is -0.142. The molecule has 2 N–H and O–H groups in total. The molecule has 0 fully saturated rings. The Morgan fingerprint density at radius 2 is 1.75 bits per heavy atom. The second kappa shape index (κ2) is 10.3. The van der Waals surface area contributed by atoms with Crippen LogP contribution in [0.3, 0.4) is 0 Å². The maximum absolute atomic E-state index is 13.6. The van der Waals surface area contributed by atoms with E-state index in [-0.39, 0.29) is 11.7 Å². The lowest BCUT2D eigenvalue weighted by Crippen LogP contribution is -2.44. The summed E-state index contributed by atoms with van der Waals surface area (Å²) >= 11 is 0. The van der Waals surface area contributed by atoms with Crippen LogP contribution in [-0.4, -0.2) is 38.1 Å². The minimum absolute atomic E-state index is 0.281. The molecule has 0 saturated heterocycles. The molecule has 5 rings (SSSR count). The van der Waals surface area contributed by atoms with Crippen LogP contribution >= 0.6 is 0 Å². The van der Waals surface area contributed by atoms with Crippen molar-refractivity contribution in [3.05, 3.63) is 102 Å². The van der Waals surface area contributed by atoms with E-state index in [1.54, 1.807) is 17.0 Å². The molecule has 3 aromatic carbocycles. The van der Waals surface area contributed by atoms with Gasteiger partial charge >= 0.3 is 0 Å². The number of aromatic nitrogens is 2. The third-order valence-corrected chi connectivity index (χ3v) is 6.55. The van der Waals surface area contributed by atoms with E-state index in [9.17, 15) is 14.3 Å². The van der Waals surface area contributed by atoms with Crippen LogP contribution in [0.25, 0.3) is 11.3 Å². The van der Waals surface area contributed by atoms with Crippen molar-refractivity contribution in [2.75, 3.05) is 11.9 Å². The monoisotopic (exact) mass is 484 g/mol. The number of carbonyl (C=O) groups excluding carboxylic acids is 1. The molecular weight excluding hydrogens is 455 g/mol. The number of aliphatic hydroxyl groups is 1. The summed E-state index contributed by atoms with van der Waals surface area (Å²) in [5.74, 6) is 0.935. The molecule has 1 atom stereocenters. The number of nitrogens with zero attached hydrogens (tertiary/aromatic N) is 3. The van der Waals surface area contributed by atoms with E-state index in [1.807, 2.05) is 61.5 Å². The van der Waals surface area contributed by atoms with E-state index in [0.717, 1.165) is 34.0 Å². The summed E-state index contributed by atoms with van der Waals surface area (Å²) in [6, 6.07) is 24.2. The van der Waals surface area contributed by atoms with Crippen molar-refractivity contribution in [3.8, 4) is 11.3 Å². The van der Waals surface area contributed by atoms with E-state index in [4.69, 9.17) is 4.98 Å². The number of hydrogen-bond donors (Lipinski definition) is 2. The van der Waals surface area contributed by atoms with Crippen LogP contribution in [0.1, 0.15) is 23.4 Å². The van der Waals surface area contributed by atoms with Gasteiger partial charge in [-0.15, -0.1) is 0 Å². The van der Waals surface area contributed by atoms with Crippen LogP contribution < -0.4 is 5.32 Å². The maximum Gasteiger partial charge on any atom is 0.251 e. The summed E-state index contributed by atoms with van der Waals surface area (Å²) in [6.45, 7) is 3.34. The van der Waals surface area contributed by atoms with Gasteiger partial charge < -0.3 is 19.9 Å². The molecule has 4 aromatic rings. The molecule has 1 aliphatic rings. The smallest absolute Gasteiger partial charge is 0.251 e. The maximum atomic E-state index is 13.6. The number of aliphatic hydroxyl groups excluding tert-OH is 1. The van der Waals surface area contributed by atoms with E-state index in [1.165, 1.54) is 12.1 Å². The van der Waals surface area contributed by atoms with Crippen LogP contribution in [0.15, 0.2) is 78.9 Å². The highest BCUT2D eigenvalue weighted by molar-refractivity contribution is 5.81. The van der Waals surface area contributed by atoms with Crippen molar-refractivity contribution in [1.82, 2.24) is 14.5 Å². The third kappa shape index (κ3) is 5.16. The summed E-state index contributed by atoms with van der Waals surface area (Å²) in [5.41, 5.74) is 4.66. The predicted octanol–water partition coefficient (Wildman–Crippen LogP) is 5.08. The lowest BCUT2D eigenvalue weighted by atomic mass is 10.1. The third-order valence-electron chi connectivity index (χ3n) is 6.55. The Bertz CT molecular complexity index is 1330. The van der Waals surface area contributed by atoms with Crippen molar-refractivity contribution in [2.24, 2.45) is 0 Å². The molecule has 7 heteroatoms. The van der Waals surface area contributed by atoms with Gasteiger partial charge in [0.05, 0.1) is 6.54 Å². The first-order chi connectivity index (χ1) is 17.5. The van der Waals surface area contributed by atoms with Crippen LogP contribution in [0.4, 0.5) is 15.9 Å². The van der Waals surface area contributed by atoms with Gasteiger partial charge in [0, 0.05) is 24.3 Å². The molecule has 0 bridgehead atoms. The van der Waals surface area contributed by atoms with Gasteiger partial charge in [-0.3, -0.25) is 4.79 Å². The van der Waals surface area contributed by atoms with Crippen LogP contribution in [-0.2, 0) is 24.3 Å². The average molecular weight is 485 g/mol. The number of amides is 1. The van der Waals surface area contributed by atoms with Crippen molar-refractivity contribution in [2.45, 2.75) is 39.0 Å². The average Bonchev–Trinajstić information content (AvgIpc) is 3.26. The van der Waals surface area contributed by atoms with Gasteiger partial charge in [-0.05, 0) is 61.7 Å². The fourth-order valence-corrected chi connectivity index (χ4v) is 4.51. The number of anilines is 2. The highest BCUT2D eigenvalue weighted by atomic mass is 19.1. The number of halogens is 1. The molecule has 0 aliphatic carbocycles. The number of hydrogen-bond acceptors (Lipinski definition) is 4. The largest absolute Gasteiger partial charge is 0.383 e. The fourth-order valence-electron chi connectivity index (χ4n) is 4.51. The molecule has 6 nitrogen and oxygen atoms in total. The van der Waals surface area contributed by atoms with Gasteiger partial charge in [-0.2, -0.15) is 0 Å². The Hall–Kier alpha value is -3.97. The van der Waals surface area contributed by atoms with Crippen molar-refractivity contribution in [1.29, 1.82) is 0 Å². The van der Waals surface area contributed by atoms with Crippen LogP contribution in [0.5, 0.6) is 0 Å². The highest BCUT2D eigenvalue weighted by Gasteiger charge is 2.29. The number of nitrogens with one attached hydrogen (secondary N) is 1. The molecule has 184 valence electrons. The summed E-state index contributed by atoms with van der Waals surface area (Å²) in [6.07, 6.45) is -0.0573. The summed E-state index contributed by atoms with van der Waals surface area (Å²) in [7, 11) is 0. The van der Waals surface area contributed by atoms with Gasteiger partial charge in [-0.25, -0.2) is 9.37 Å². The first-order valence-corrected chi connectivity index (χ1v) is 12.2. The normalized spacial score (nSPS) is 13.8. The van der Waals surface area contributed by atoms with Crippen LogP contribution in [0.2, 0.25) is 0 Å². The molecule has 2 heterocycles. The number of benzene rings is 3. The Labute approximate surface area is 210 Å². The number of imidazole rings is 1. The van der Waals surface area contributed by atoms with E-state index in [2.05, 4.69) is 9.88 Å². The summed E-state index contributed by atoms with van der Waals surface area (Å²) < 4.78 is 15.7. The van der Waals surface area contributed by atoms with Gasteiger partial charge in [-0.1, -0.05) is 48.0 Å².